The monoisotopic (exact) mass is 1290 g/mol. The number of aliphatic hydroxyl groups excluding tert-OH is 1. The summed E-state index contributed by atoms with van der Waals surface area (Å²) in [7, 11) is -7.71. The average Bonchev–Trinajstić information content (AvgIpc) is 3.36. The summed E-state index contributed by atoms with van der Waals surface area (Å²) < 4.78 is 31.2. The van der Waals surface area contributed by atoms with Gasteiger partial charge < -0.3 is 112 Å². The van der Waals surface area contributed by atoms with Crippen molar-refractivity contribution in [1.29, 1.82) is 0 Å². The number of nitrogens with one attached hydrogen (secondary N) is 2. The highest BCUT2D eigenvalue weighted by Gasteiger charge is 2.31. The van der Waals surface area contributed by atoms with Crippen LogP contribution in [0.25, 0.3) is 0 Å². The van der Waals surface area contributed by atoms with Gasteiger partial charge in [-0.05, 0) is 109 Å². The summed E-state index contributed by atoms with van der Waals surface area (Å²) in [5.74, 6) is -11.8. The Kier molecular flexibility index (Phi) is 60.1. The molecule has 0 saturated heterocycles. The van der Waals surface area contributed by atoms with E-state index >= 15 is 0 Å². The Morgan fingerprint density at radius 2 is 0.907 bits per heavy atom. The number of rotatable bonds is 31. The van der Waals surface area contributed by atoms with Gasteiger partial charge in [-0.3, -0.25) is 47.2 Å². The zero-order valence-electron chi connectivity index (χ0n) is 52.5. The van der Waals surface area contributed by atoms with Crippen molar-refractivity contribution in [3.05, 3.63) is 12.2 Å². The van der Waals surface area contributed by atoms with Crippen LogP contribution in [-0.4, -0.2) is 201 Å². The molecular formula is C50H108N10O24P2. The first-order chi connectivity index (χ1) is 38.6. The largest absolute Gasteiger partial charge is 0.481 e. The Hall–Kier alpha value is -4.97. The number of hydrogen-bond donors (Lipinski definition) is 21. The van der Waals surface area contributed by atoms with E-state index in [9.17, 15) is 52.3 Å². The molecule has 34 nitrogen and oxygen atoms in total. The minimum Gasteiger partial charge on any atom is -0.481 e. The number of carbonyl (C=O) groups is 9. The zero-order chi connectivity index (χ0) is 70.5. The van der Waals surface area contributed by atoms with E-state index in [4.69, 9.17) is 106 Å². The lowest BCUT2D eigenvalue weighted by Crippen LogP contribution is -2.40. The Morgan fingerprint density at radius 1 is 0.488 bits per heavy atom. The summed E-state index contributed by atoms with van der Waals surface area (Å²) in [6.07, 6.45) is 2.16. The van der Waals surface area contributed by atoms with Gasteiger partial charge in [-0.2, -0.15) is 0 Å². The molecule has 19 atom stereocenters. The molecule has 0 bridgehead atoms. The highest BCUT2D eigenvalue weighted by Crippen LogP contribution is 2.46. The summed E-state index contributed by atoms with van der Waals surface area (Å²) in [6.45, 7) is 25.7. The van der Waals surface area contributed by atoms with Crippen LogP contribution in [0.2, 0.25) is 0 Å². The van der Waals surface area contributed by atoms with Gasteiger partial charge in [0.15, 0.2) is 12.2 Å². The average molecular weight is 1300 g/mol. The highest BCUT2D eigenvalue weighted by atomic mass is 31.2. The number of aliphatic hydroxyl groups is 1. The molecule has 29 N–H and O–H groups in total. The summed E-state index contributed by atoms with van der Waals surface area (Å²) in [6, 6.07) is -2.57. The maximum Gasteiger partial charge on any atom is 0.345 e. The second-order valence-electron chi connectivity index (χ2n) is 20.4. The molecule has 86 heavy (non-hydrogen) atoms. The molecule has 0 aromatic heterocycles. The first kappa shape index (κ1) is 97.3. The van der Waals surface area contributed by atoms with Crippen LogP contribution in [-0.2, 0) is 61.5 Å². The minimum absolute atomic E-state index is 0.00167. The molecule has 0 aromatic rings. The van der Waals surface area contributed by atoms with Gasteiger partial charge in [-0.1, -0.05) is 32.9 Å². The van der Waals surface area contributed by atoms with E-state index in [1.165, 1.54) is 34.6 Å². The standard InChI is InChI=1S/C7H15NO3.C7H13NO3.C7H15NO2.C7H13NO2.C6H14N2O2.C6H13NO3.C5H13N2O4P.C5H12NO5P/c2*1-4(7(10)11)3-6(9)5(2)8;2*1-5(7(9)10)3-4-6(2)8;1-4(7)3-8-5(2)6(9)10;1-4(7)3-10-5(2)6(8)9;1-3(5(8)9)7-12(10,11)4(2)6;1-3(5(7)8)11-12(9,10)4(2)6/h4-6,9H,3,8H2,1-2H3,(H,10,11);4-5H,3,8H2,1-2H3,(H,10,11);5-6H,3-4,8H2,1-2H3,(H,9,10);3-6H,8H2,1-2H3,(H,9,10);4-5,8H,3,7H2,1-2H3,(H,9,10);4-5H,3,7H2,1-2H3,(H,8,9);3-4H,6H2,1-2H3,(H,8,9)(H2,7,10,11);3-4H,6H2,1-2H3,(H,7,8)(H,9,10)/b;;;4-3+;;;;. The third-order valence-electron chi connectivity index (χ3n) is 10.2. The molecule has 0 aliphatic rings. The summed E-state index contributed by atoms with van der Waals surface area (Å²) in [5, 5.41) is 81.1. The summed E-state index contributed by atoms with van der Waals surface area (Å²) in [5.41, 5.74) is 42.3. The van der Waals surface area contributed by atoms with Crippen LogP contribution in [0.1, 0.15) is 136 Å². The Labute approximate surface area is 504 Å². The van der Waals surface area contributed by atoms with Gasteiger partial charge in [-0.25, -0.2) is 14.7 Å². The molecule has 512 valence electrons. The number of ketones is 1. The van der Waals surface area contributed by atoms with Gasteiger partial charge in [0.2, 0.25) is 0 Å². The second-order valence-corrected chi connectivity index (χ2v) is 24.9. The normalized spacial score (nSPS) is 17.9. The van der Waals surface area contributed by atoms with E-state index in [-0.39, 0.29) is 61.4 Å². The van der Waals surface area contributed by atoms with E-state index in [1.807, 2.05) is 18.9 Å². The Balaban J connectivity index is -0.000000135. The number of Topliss-reactive ketones (excluding diaryl/α,β-unsaturated/α-hetero) is 1. The van der Waals surface area contributed by atoms with Crippen LogP contribution in [0.4, 0.5) is 0 Å². The van der Waals surface area contributed by atoms with Crippen LogP contribution < -0.4 is 56.3 Å². The maximum absolute atomic E-state index is 11.1. The fourth-order valence-electron chi connectivity index (χ4n) is 3.95. The summed E-state index contributed by atoms with van der Waals surface area (Å²) in [4.78, 5) is 111. The van der Waals surface area contributed by atoms with Crippen LogP contribution in [0.5, 0.6) is 0 Å². The van der Waals surface area contributed by atoms with Gasteiger partial charge in [0.05, 0.1) is 48.2 Å². The van der Waals surface area contributed by atoms with Crippen molar-refractivity contribution in [1.82, 2.24) is 10.4 Å². The van der Waals surface area contributed by atoms with E-state index in [2.05, 4.69) is 9.84 Å². The third-order valence-corrected chi connectivity index (χ3v) is 13.7. The number of ether oxygens (including phenoxy) is 1. The fourth-order valence-corrected chi connectivity index (χ4v) is 5.58. The number of carbonyl (C=O) groups excluding carboxylic acids is 1. The lowest BCUT2D eigenvalue weighted by Gasteiger charge is -2.18. The van der Waals surface area contributed by atoms with E-state index in [0.717, 1.165) is 13.3 Å². The molecule has 0 amide bonds. The van der Waals surface area contributed by atoms with Crippen molar-refractivity contribution in [2.45, 2.75) is 215 Å². The molecule has 0 spiro atoms. The Bertz CT molecular complexity index is 1940. The predicted octanol–water partition coefficient (Wildman–Crippen LogP) is -0.0112. The lowest BCUT2D eigenvalue weighted by atomic mass is 10.0. The van der Waals surface area contributed by atoms with Crippen LogP contribution in [0.15, 0.2) is 12.2 Å². The third kappa shape index (κ3) is 66.6. The van der Waals surface area contributed by atoms with E-state index < -0.39 is 129 Å². The van der Waals surface area contributed by atoms with Crippen molar-refractivity contribution in [2.24, 2.45) is 69.5 Å². The van der Waals surface area contributed by atoms with Gasteiger partial charge in [0, 0.05) is 43.2 Å². The van der Waals surface area contributed by atoms with Crippen molar-refractivity contribution in [3.8, 4) is 0 Å². The van der Waals surface area contributed by atoms with Crippen LogP contribution >= 0.6 is 15.1 Å². The van der Waals surface area contributed by atoms with Crippen LogP contribution in [0, 0.1) is 23.7 Å². The van der Waals surface area contributed by atoms with Gasteiger partial charge in [-0.15, -0.1) is 0 Å². The second kappa shape index (κ2) is 53.1. The minimum atomic E-state index is -3.98. The first-order valence-electron chi connectivity index (χ1n) is 26.8. The molecule has 0 fully saturated rings. The molecule has 36 heteroatoms. The van der Waals surface area contributed by atoms with Crippen LogP contribution in [0.3, 0.4) is 0 Å². The maximum atomic E-state index is 11.1. The van der Waals surface area contributed by atoms with Crippen molar-refractivity contribution < 1.29 is 117 Å². The molecular weight excluding hydrogens is 1190 g/mol. The van der Waals surface area contributed by atoms with E-state index in [1.54, 1.807) is 67.5 Å². The lowest BCUT2D eigenvalue weighted by molar-refractivity contribution is -0.149. The van der Waals surface area contributed by atoms with Gasteiger partial charge in [0.1, 0.15) is 23.6 Å². The molecule has 0 aliphatic heterocycles. The molecule has 0 saturated carbocycles. The van der Waals surface area contributed by atoms with Crippen molar-refractivity contribution >= 4 is 68.7 Å². The fraction of sp³-hybridized carbons (Fsp3) is 0.780. The molecule has 0 radical (unpaired) electrons. The first-order valence-corrected chi connectivity index (χ1v) is 30.2. The molecule has 0 aromatic carbocycles. The Morgan fingerprint density at radius 3 is 1.19 bits per heavy atom. The van der Waals surface area contributed by atoms with Crippen molar-refractivity contribution in [2.75, 3.05) is 13.2 Å². The molecule has 0 aliphatic carbocycles. The molecule has 19 unspecified atom stereocenters. The number of carboxylic acid groups (broad SMARTS) is 8. The smallest absolute Gasteiger partial charge is 0.345 e. The molecule has 0 heterocycles. The number of aliphatic carboxylic acids is 8. The number of carboxylic acids is 8. The topological polar surface area (TPSA) is 661 Å². The van der Waals surface area contributed by atoms with E-state index in [0.29, 0.717) is 13.0 Å². The number of hydrogen-bond acceptors (Lipinski definition) is 23. The number of nitrogens with two attached hydrogens (primary N) is 8. The van der Waals surface area contributed by atoms with Gasteiger partial charge in [0.25, 0.3) is 7.52 Å². The SMILES string of the molecule is CC(CC(O)C(C)N)C(=O)O.CC(N)/C=C/C(C)C(=O)O.CC(N)C(=O)CC(C)C(=O)O.CC(N)CCC(C)C(=O)O.CC(N)CNC(C)C(=O)O.CC(N)COC(C)C(=O)O.CC(NP(=O)(O)C(C)N)C(=O)O.CC(OP(=O)(O)C(C)N)C(=O)O. The predicted molar refractivity (Wildman–Crippen MR) is 321 cm³/mol. The summed E-state index contributed by atoms with van der Waals surface area (Å²) >= 11 is 0. The quantitative estimate of drug-likeness (QED) is 0.0321. The van der Waals surface area contributed by atoms with Gasteiger partial charge >= 0.3 is 55.4 Å². The molecule has 0 rings (SSSR count). The highest BCUT2D eigenvalue weighted by molar-refractivity contribution is 7.56. The van der Waals surface area contributed by atoms with Crippen molar-refractivity contribution in [3.63, 3.8) is 0 Å². The zero-order valence-corrected chi connectivity index (χ0v) is 54.2.